The van der Waals surface area contributed by atoms with E-state index in [-0.39, 0.29) is 5.91 Å². The number of piperidine rings is 1. The van der Waals surface area contributed by atoms with Crippen LogP contribution in [0.15, 0.2) is 85.3 Å². The van der Waals surface area contributed by atoms with Crippen LogP contribution in [0.1, 0.15) is 52.0 Å². The summed E-state index contributed by atoms with van der Waals surface area (Å²) in [5.74, 6) is -0.147. The summed E-state index contributed by atoms with van der Waals surface area (Å²) in [7, 11) is 0. The first-order valence-electron chi connectivity index (χ1n) is 12.8. The van der Waals surface area contributed by atoms with Crippen molar-refractivity contribution >= 4 is 17.3 Å². The van der Waals surface area contributed by atoms with Crippen molar-refractivity contribution in [2.75, 3.05) is 22.9 Å². The molecule has 4 aromatic rings. The summed E-state index contributed by atoms with van der Waals surface area (Å²) in [6, 6.07) is 26.6. The predicted octanol–water partition coefficient (Wildman–Crippen LogP) is 5.51. The van der Waals surface area contributed by atoms with Crippen molar-refractivity contribution in [1.29, 1.82) is 10.5 Å². The molecule has 0 aliphatic carbocycles. The summed E-state index contributed by atoms with van der Waals surface area (Å²) < 4.78 is 2.02. The smallest absolute Gasteiger partial charge is 0.258 e. The molecule has 188 valence electrons. The third-order valence-corrected chi connectivity index (χ3v) is 6.94. The number of benzene rings is 3. The summed E-state index contributed by atoms with van der Waals surface area (Å²) in [5.41, 5.74) is 5.54. The third kappa shape index (κ3) is 5.58. The first kappa shape index (κ1) is 24.8. The summed E-state index contributed by atoms with van der Waals surface area (Å²) in [4.78, 5) is 22.3. The van der Waals surface area contributed by atoms with Crippen LogP contribution in [-0.4, -0.2) is 28.5 Å². The van der Waals surface area contributed by atoms with Gasteiger partial charge < -0.3 is 14.4 Å². The molecule has 0 bridgehead atoms. The van der Waals surface area contributed by atoms with E-state index in [1.54, 1.807) is 53.8 Å². The number of anilines is 2. The molecule has 1 amide bonds. The molecule has 1 aliphatic rings. The SMILES string of the molecule is N#Cc1ccc(Cn2cncc2CN(C(=O)c2ccc(C#N)cc2)c2ccc(N3CCCCC3)cc2)cc1. The number of carbonyl (C=O) groups excluding carboxylic acids is 1. The van der Waals surface area contributed by atoms with Crippen LogP contribution in [0.2, 0.25) is 0 Å². The van der Waals surface area contributed by atoms with Crippen LogP contribution in [0.25, 0.3) is 0 Å². The van der Waals surface area contributed by atoms with E-state index in [4.69, 9.17) is 10.5 Å². The fourth-order valence-electron chi connectivity index (χ4n) is 4.78. The molecular weight excluding hydrogens is 472 g/mol. The van der Waals surface area contributed by atoms with Gasteiger partial charge in [-0.1, -0.05) is 12.1 Å². The van der Waals surface area contributed by atoms with Crippen LogP contribution < -0.4 is 9.80 Å². The van der Waals surface area contributed by atoms with Crippen molar-refractivity contribution in [3.63, 3.8) is 0 Å². The number of imidazole rings is 1. The first-order valence-corrected chi connectivity index (χ1v) is 12.8. The molecule has 0 unspecified atom stereocenters. The Morgan fingerprint density at radius 2 is 1.47 bits per heavy atom. The lowest BCUT2D eigenvalue weighted by atomic mass is 10.1. The molecule has 3 aromatic carbocycles. The molecule has 1 fully saturated rings. The third-order valence-electron chi connectivity index (χ3n) is 6.94. The summed E-state index contributed by atoms with van der Waals surface area (Å²) in [5, 5.41) is 18.2. The Balaban J connectivity index is 1.43. The van der Waals surface area contributed by atoms with Crippen molar-refractivity contribution < 1.29 is 4.79 Å². The van der Waals surface area contributed by atoms with Gasteiger partial charge in [0.2, 0.25) is 0 Å². The van der Waals surface area contributed by atoms with Crippen LogP contribution in [0.4, 0.5) is 11.4 Å². The average Bonchev–Trinajstić information content (AvgIpc) is 3.43. The van der Waals surface area contributed by atoms with E-state index in [1.165, 1.54) is 24.9 Å². The van der Waals surface area contributed by atoms with Gasteiger partial charge in [-0.15, -0.1) is 0 Å². The highest BCUT2D eigenvalue weighted by Gasteiger charge is 2.21. The Morgan fingerprint density at radius 3 is 2.11 bits per heavy atom. The molecule has 0 saturated carbocycles. The lowest BCUT2D eigenvalue weighted by Crippen LogP contribution is -2.32. The van der Waals surface area contributed by atoms with E-state index in [2.05, 4.69) is 34.2 Å². The van der Waals surface area contributed by atoms with Crippen LogP contribution in [0.3, 0.4) is 0 Å². The number of amides is 1. The topological polar surface area (TPSA) is 89.0 Å². The molecule has 0 N–H and O–H groups in total. The highest BCUT2D eigenvalue weighted by molar-refractivity contribution is 6.06. The van der Waals surface area contributed by atoms with E-state index in [0.29, 0.717) is 29.8 Å². The Labute approximate surface area is 222 Å². The van der Waals surface area contributed by atoms with Crippen LogP contribution in [-0.2, 0) is 13.1 Å². The second-order valence-corrected chi connectivity index (χ2v) is 9.47. The van der Waals surface area contributed by atoms with Gasteiger partial charge in [-0.05, 0) is 85.5 Å². The first-order chi connectivity index (χ1) is 18.6. The van der Waals surface area contributed by atoms with Gasteiger partial charge in [0.25, 0.3) is 5.91 Å². The van der Waals surface area contributed by atoms with E-state index >= 15 is 0 Å². The van der Waals surface area contributed by atoms with Crippen molar-refractivity contribution in [2.45, 2.75) is 32.4 Å². The summed E-state index contributed by atoms with van der Waals surface area (Å²) in [6.45, 7) is 3.02. The molecule has 1 saturated heterocycles. The maximum atomic E-state index is 13.8. The van der Waals surface area contributed by atoms with Crippen LogP contribution >= 0.6 is 0 Å². The zero-order chi connectivity index (χ0) is 26.3. The molecule has 0 spiro atoms. The van der Waals surface area contributed by atoms with Crippen molar-refractivity contribution in [3.8, 4) is 12.1 Å². The Kier molecular flexibility index (Phi) is 7.47. The normalized spacial score (nSPS) is 12.9. The molecule has 7 nitrogen and oxygen atoms in total. The second-order valence-electron chi connectivity index (χ2n) is 9.47. The standard InChI is InChI=1S/C31H28N6O/c32-18-24-4-6-26(7-5-24)21-36-23-34-20-30(36)22-37(31(38)27-10-8-25(19-33)9-11-27)29-14-12-28(13-15-29)35-16-2-1-3-17-35/h4-15,20,23H,1-3,16-17,21-22H2. The molecule has 5 rings (SSSR count). The van der Waals surface area contributed by atoms with Crippen LogP contribution in [0.5, 0.6) is 0 Å². The van der Waals surface area contributed by atoms with Crippen LogP contribution in [0, 0.1) is 22.7 Å². The quantitative estimate of drug-likeness (QED) is 0.334. The number of carbonyl (C=O) groups is 1. The van der Waals surface area contributed by atoms with Gasteiger partial charge in [0.05, 0.1) is 41.8 Å². The molecule has 0 atom stereocenters. The van der Waals surface area contributed by atoms with Gasteiger partial charge in [-0.3, -0.25) is 4.79 Å². The number of hydrogen-bond acceptors (Lipinski definition) is 5. The highest BCUT2D eigenvalue weighted by atomic mass is 16.2. The van der Waals surface area contributed by atoms with Gasteiger partial charge in [-0.25, -0.2) is 4.98 Å². The molecule has 0 radical (unpaired) electrons. The van der Waals surface area contributed by atoms with Crippen molar-refractivity contribution in [2.24, 2.45) is 0 Å². The van der Waals surface area contributed by atoms with Gasteiger partial charge in [-0.2, -0.15) is 10.5 Å². The fourth-order valence-corrected chi connectivity index (χ4v) is 4.78. The van der Waals surface area contributed by atoms with Gasteiger partial charge in [0, 0.05) is 42.8 Å². The fraction of sp³-hybridized carbons (Fsp3) is 0.226. The summed E-state index contributed by atoms with van der Waals surface area (Å²) in [6.07, 6.45) is 7.22. The van der Waals surface area contributed by atoms with Gasteiger partial charge in [0.15, 0.2) is 0 Å². The molecule has 2 heterocycles. The van der Waals surface area contributed by atoms with E-state index < -0.39 is 0 Å². The van der Waals surface area contributed by atoms with E-state index in [9.17, 15) is 4.79 Å². The van der Waals surface area contributed by atoms with Gasteiger partial charge >= 0.3 is 0 Å². The average molecular weight is 501 g/mol. The minimum absolute atomic E-state index is 0.147. The Bertz CT molecular complexity index is 1470. The lowest BCUT2D eigenvalue weighted by Gasteiger charge is -2.29. The molecular formula is C31H28N6O. The number of hydrogen-bond donors (Lipinski definition) is 0. The van der Waals surface area contributed by atoms with E-state index in [1.807, 2.05) is 28.8 Å². The Morgan fingerprint density at radius 1 is 0.842 bits per heavy atom. The van der Waals surface area contributed by atoms with E-state index in [0.717, 1.165) is 30.0 Å². The minimum atomic E-state index is -0.147. The zero-order valence-electron chi connectivity index (χ0n) is 21.1. The maximum absolute atomic E-state index is 13.8. The van der Waals surface area contributed by atoms with Gasteiger partial charge in [0.1, 0.15) is 0 Å². The number of nitriles is 2. The van der Waals surface area contributed by atoms with Crippen molar-refractivity contribution in [3.05, 3.63) is 113 Å². The molecule has 1 aliphatic heterocycles. The Hall–Kier alpha value is -4.88. The number of rotatable bonds is 7. The zero-order valence-corrected chi connectivity index (χ0v) is 21.1. The highest BCUT2D eigenvalue weighted by Crippen LogP contribution is 2.26. The monoisotopic (exact) mass is 500 g/mol. The summed E-state index contributed by atoms with van der Waals surface area (Å²) >= 11 is 0. The molecule has 1 aromatic heterocycles. The second kappa shape index (κ2) is 11.5. The van der Waals surface area contributed by atoms with Crippen molar-refractivity contribution in [1.82, 2.24) is 9.55 Å². The molecule has 7 heteroatoms. The predicted molar refractivity (Wildman–Crippen MR) is 147 cm³/mol. The maximum Gasteiger partial charge on any atom is 0.258 e. The number of nitrogens with zero attached hydrogens (tertiary/aromatic N) is 6. The largest absolute Gasteiger partial charge is 0.372 e. The number of aromatic nitrogens is 2. The lowest BCUT2D eigenvalue weighted by molar-refractivity contribution is 0.0984. The molecule has 38 heavy (non-hydrogen) atoms. The minimum Gasteiger partial charge on any atom is -0.372 e.